The Hall–Kier alpha value is -1.07. The van der Waals surface area contributed by atoms with Crippen molar-refractivity contribution >= 4 is 0 Å². The van der Waals surface area contributed by atoms with E-state index >= 15 is 0 Å². The minimum absolute atomic E-state index is 0.0656. The van der Waals surface area contributed by atoms with Gasteiger partial charge in [0.2, 0.25) is 0 Å². The lowest BCUT2D eigenvalue weighted by Crippen LogP contribution is -2.34. The van der Waals surface area contributed by atoms with E-state index in [0.717, 1.165) is 32.0 Å². The van der Waals surface area contributed by atoms with Gasteiger partial charge in [-0.15, -0.1) is 0 Å². The molecule has 0 aliphatic carbocycles. The van der Waals surface area contributed by atoms with Crippen LogP contribution in [0.15, 0.2) is 12.1 Å². The van der Waals surface area contributed by atoms with E-state index in [9.17, 15) is 13.2 Å². The zero-order valence-corrected chi connectivity index (χ0v) is 9.35. The van der Waals surface area contributed by atoms with Crippen LogP contribution in [0.4, 0.5) is 13.2 Å². The molecule has 0 saturated carbocycles. The van der Waals surface area contributed by atoms with Crippen LogP contribution in [0.3, 0.4) is 0 Å². The molecule has 0 amide bonds. The highest BCUT2D eigenvalue weighted by Gasteiger charge is 2.25. The number of benzene rings is 1. The van der Waals surface area contributed by atoms with Gasteiger partial charge >= 0.3 is 0 Å². The quantitative estimate of drug-likeness (QED) is 0.782. The Morgan fingerprint density at radius 3 is 2.29 bits per heavy atom. The molecular weight excluding hydrogens is 229 g/mol. The molecule has 3 N–H and O–H groups in total. The van der Waals surface area contributed by atoms with Crippen LogP contribution in [-0.2, 0) is 0 Å². The number of hydrogen-bond acceptors (Lipinski definition) is 2. The Labute approximate surface area is 98.0 Å². The van der Waals surface area contributed by atoms with Crippen LogP contribution in [-0.4, -0.2) is 13.1 Å². The Kier molecular flexibility index (Phi) is 3.69. The standard InChI is InChI=1S/C12H15F3N2/c13-9-6-11(15)10(14)5-8(9)12(16)7-1-3-17-4-2-7/h5-7,12,17H,1-4,16H2/t12-/m1/s1. The first kappa shape index (κ1) is 12.4. The second-order valence-electron chi connectivity index (χ2n) is 4.40. The van der Waals surface area contributed by atoms with Gasteiger partial charge in [0, 0.05) is 17.7 Å². The molecule has 1 atom stereocenters. The third kappa shape index (κ3) is 2.61. The molecule has 1 aromatic rings. The fourth-order valence-corrected chi connectivity index (χ4v) is 2.25. The van der Waals surface area contributed by atoms with Crippen LogP contribution >= 0.6 is 0 Å². The summed E-state index contributed by atoms with van der Waals surface area (Å²) in [6, 6.07) is 0.857. The van der Waals surface area contributed by atoms with Gasteiger partial charge in [0.15, 0.2) is 11.6 Å². The third-order valence-electron chi connectivity index (χ3n) is 3.29. The minimum atomic E-state index is -1.18. The maximum absolute atomic E-state index is 13.5. The molecule has 1 aliphatic heterocycles. The number of halogens is 3. The molecule has 17 heavy (non-hydrogen) atoms. The zero-order valence-electron chi connectivity index (χ0n) is 9.35. The highest BCUT2D eigenvalue weighted by atomic mass is 19.2. The molecule has 1 fully saturated rings. The van der Waals surface area contributed by atoms with Crippen molar-refractivity contribution in [2.75, 3.05) is 13.1 Å². The Balaban J connectivity index is 2.23. The smallest absolute Gasteiger partial charge is 0.161 e. The van der Waals surface area contributed by atoms with Crippen molar-refractivity contribution in [1.82, 2.24) is 5.32 Å². The van der Waals surface area contributed by atoms with Crippen molar-refractivity contribution < 1.29 is 13.2 Å². The largest absolute Gasteiger partial charge is 0.324 e. The van der Waals surface area contributed by atoms with Gasteiger partial charge in [0.05, 0.1) is 0 Å². The Bertz CT molecular complexity index is 403. The van der Waals surface area contributed by atoms with Gasteiger partial charge in [-0.25, -0.2) is 13.2 Å². The summed E-state index contributed by atoms with van der Waals surface area (Å²) in [7, 11) is 0. The summed E-state index contributed by atoms with van der Waals surface area (Å²) >= 11 is 0. The molecule has 1 aliphatic rings. The van der Waals surface area contributed by atoms with E-state index in [2.05, 4.69) is 5.32 Å². The first-order valence-electron chi connectivity index (χ1n) is 5.70. The van der Waals surface area contributed by atoms with E-state index in [-0.39, 0.29) is 11.5 Å². The highest BCUT2D eigenvalue weighted by molar-refractivity contribution is 5.24. The van der Waals surface area contributed by atoms with Crippen LogP contribution in [0.5, 0.6) is 0 Å². The number of piperidine rings is 1. The summed E-state index contributed by atoms with van der Waals surface area (Å²) < 4.78 is 39.4. The highest BCUT2D eigenvalue weighted by Crippen LogP contribution is 2.29. The van der Waals surface area contributed by atoms with E-state index < -0.39 is 23.5 Å². The lowest BCUT2D eigenvalue weighted by atomic mass is 9.86. The fraction of sp³-hybridized carbons (Fsp3) is 0.500. The SMILES string of the molecule is N[C@@H](c1cc(F)c(F)cc1F)C1CCNCC1. The van der Waals surface area contributed by atoms with Gasteiger partial charge in [0.25, 0.3) is 0 Å². The first-order valence-corrected chi connectivity index (χ1v) is 5.70. The molecule has 0 spiro atoms. The van der Waals surface area contributed by atoms with Crippen LogP contribution in [0.2, 0.25) is 0 Å². The average Bonchev–Trinajstić information content (AvgIpc) is 2.34. The zero-order chi connectivity index (χ0) is 12.4. The van der Waals surface area contributed by atoms with Crippen molar-refractivity contribution in [3.05, 3.63) is 35.1 Å². The van der Waals surface area contributed by atoms with Gasteiger partial charge < -0.3 is 11.1 Å². The van der Waals surface area contributed by atoms with Crippen LogP contribution in [0.25, 0.3) is 0 Å². The molecule has 1 heterocycles. The third-order valence-corrected chi connectivity index (χ3v) is 3.29. The summed E-state index contributed by atoms with van der Waals surface area (Å²) in [6.45, 7) is 1.65. The number of hydrogen-bond donors (Lipinski definition) is 2. The predicted molar refractivity (Wildman–Crippen MR) is 58.8 cm³/mol. The van der Waals surface area contributed by atoms with Gasteiger partial charge in [-0.2, -0.15) is 0 Å². The molecule has 2 nitrogen and oxygen atoms in total. The molecule has 5 heteroatoms. The molecule has 0 aromatic heterocycles. The van der Waals surface area contributed by atoms with Crippen molar-refractivity contribution in [3.8, 4) is 0 Å². The van der Waals surface area contributed by atoms with E-state index in [4.69, 9.17) is 5.73 Å². The normalized spacial score (nSPS) is 19.3. The average molecular weight is 244 g/mol. The lowest BCUT2D eigenvalue weighted by Gasteiger charge is -2.28. The summed E-state index contributed by atoms with van der Waals surface area (Å²) in [6.07, 6.45) is 1.64. The van der Waals surface area contributed by atoms with Crippen molar-refractivity contribution in [2.24, 2.45) is 11.7 Å². The van der Waals surface area contributed by atoms with Gasteiger partial charge in [-0.1, -0.05) is 0 Å². The Morgan fingerprint density at radius 1 is 1.06 bits per heavy atom. The molecule has 94 valence electrons. The van der Waals surface area contributed by atoms with E-state index in [1.807, 2.05) is 0 Å². The summed E-state index contributed by atoms with van der Waals surface area (Å²) in [4.78, 5) is 0. The molecular formula is C12H15F3N2. The molecule has 2 rings (SSSR count). The summed E-state index contributed by atoms with van der Waals surface area (Å²) in [5, 5.41) is 3.17. The fourth-order valence-electron chi connectivity index (χ4n) is 2.25. The van der Waals surface area contributed by atoms with Crippen molar-refractivity contribution in [2.45, 2.75) is 18.9 Å². The van der Waals surface area contributed by atoms with Crippen molar-refractivity contribution in [1.29, 1.82) is 0 Å². The summed E-state index contributed by atoms with van der Waals surface area (Å²) in [5.41, 5.74) is 6.00. The van der Waals surface area contributed by atoms with Gasteiger partial charge in [-0.05, 0) is 37.9 Å². The first-order chi connectivity index (χ1) is 8.09. The van der Waals surface area contributed by atoms with Gasteiger partial charge in [-0.3, -0.25) is 0 Å². The van der Waals surface area contributed by atoms with Crippen LogP contribution in [0.1, 0.15) is 24.4 Å². The minimum Gasteiger partial charge on any atom is -0.324 e. The molecule has 1 saturated heterocycles. The molecule has 0 radical (unpaired) electrons. The van der Waals surface area contributed by atoms with E-state index in [1.165, 1.54) is 0 Å². The number of nitrogens with one attached hydrogen (secondary N) is 1. The monoisotopic (exact) mass is 244 g/mol. The number of nitrogens with two attached hydrogens (primary N) is 1. The topological polar surface area (TPSA) is 38.0 Å². The van der Waals surface area contributed by atoms with Crippen molar-refractivity contribution in [3.63, 3.8) is 0 Å². The summed E-state index contributed by atoms with van der Waals surface area (Å²) in [5.74, 6) is -2.89. The molecule has 1 aromatic carbocycles. The van der Waals surface area contributed by atoms with Crippen LogP contribution in [0, 0.1) is 23.4 Å². The van der Waals surface area contributed by atoms with E-state index in [1.54, 1.807) is 0 Å². The second-order valence-corrected chi connectivity index (χ2v) is 4.40. The second kappa shape index (κ2) is 5.06. The van der Waals surface area contributed by atoms with Gasteiger partial charge in [0.1, 0.15) is 5.82 Å². The Morgan fingerprint density at radius 2 is 1.65 bits per heavy atom. The predicted octanol–water partition coefficient (Wildman–Crippen LogP) is 2.10. The maximum Gasteiger partial charge on any atom is 0.161 e. The number of rotatable bonds is 2. The maximum atomic E-state index is 13.5. The lowest BCUT2D eigenvalue weighted by molar-refractivity contribution is 0.315. The van der Waals surface area contributed by atoms with E-state index in [0.29, 0.717) is 6.07 Å². The molecule has 0 bridgehead atoms. The molecule has 0 unspecified atom stereocenters. The van der Waals surface area contributed by atoms with Crippen LogP contribution < -0.4 is 11.1 Å².